The Morgan fingerprint density at radius 2 is 2.11 bits per heavy atom. The van der Waals surface area contributed by atoms with Crippen molar-refractivity contribution in [3.8, 4) is 0 Å². The Kier molecular flexibility index (Phi) is 3.95. The Balaban J connectivity index is 2.13. The number of esters is 1. The Labute approximate surface area is 115 Å². The van der Waals surface area contributed by atoms with E-state index in [1.54, 1.807) is 0 Å². The number of hydrogen-bond donors (Lipinski definition) is 1. The standard InChI is InChI=1S/C16H23NO2/c1-11-8-14(10-17-11)12-6-5-7-13(9-12)15(18)19-16(2,3)4/h5-7,9,11,14,17H,8,10H2,1-4H3. The first-order valence-corrected chi connectivity index (χ1v) is 6.92. The molecule has 0 aliphatic carbocycles. The summed E-state index contributed by atoms with van der Waals surface area (Å²) >= 11 is 0. The molecule has 19 heavy (non-hydrogen) atoms. The van der Waals surface area contributed by atoms with Gasteiger partial charge in [0.15, 0.2) is 0 Å². The molecule has 104 valence electrons. The van der Waals surface area contributed by atoms with Crippen LogP contribution in [0.4, 0.5) is 0 Å². The third kappa shape index (κ3) is 3.80. The molecule has 0 saturated carbocycles. The summed E-state index contributed by atoms with van der Waals surface area (Å²) in [5.74, 6) is 0.255. The zero-order chi connectivity index (χ0) is 14.0. The fourth-order valence-corrected chi connectivity index (χ4v) is 2.45. The van der Waals surface area contributed by atoms with E-state index in [0.29, 0.717) is 17.5 Å². The number of rotatable bonds is 2. The average Bonchev–Trinajstić information content (AvgIpc) is 2.74. The SMILES string of the molecule is CC1CC(c2cccc(C(=O)OC(C)(C)C)c2)CN1. The number of benzene rings is 1. The van der Waals surface area contributed by atoms with Gasteiger partial charge in [-0.1, -0.05) is 12.1 Å². The maximum atomic E-state index is 12.1. The topological polar surface area (TPSA) is 38.3 Å². The normalized spacial score (nSPS) is 23.4. The van der Waals surface area contributed by atoms with E-state index < -0.39 is 5.60 Å². The van der Waals surface area contributed by atoms with Gasteiger partial charge in [-0.05, 0) is 57.7 Å². The quantitative estimate of drug-likeness (QED) is 0.831. The molecule has 2 rings (SSSR count). The third-order valence-electron chi connectivity index (χ3n) is 3.34. The summed E-state index contributed by atoms with van der Waals surface area (Å²) in [6, 6.07) is 8.38. The lowest BCUT2D eigenvalue weighted by molar-refractivity contribution is 0.00694. The lowest BCUT2D eigenvalue weighted by atomic mass is 9.95. The monoisotopic (exact) mass is 261 g/mol. The van der Waals surface area contributed by atoms with Crippen molar-refractivity contribution < 1.29 is 9.53 Å². The van der Waals surface area contributed by atoms with Crippen molar-refractivity contribution in [2.45, 2.75) is 51.7 Å². The van der Waals surface area contributed by atoms with Crippen LogP contribution in [0, 0.1) is 0 Å². The molecule has 0 spiro atoms. The fourth-order valence-electron chi connectivity index (χ4n) is 2.45. The molecular weight excluding hydrogens is 238 g/mol. The van der Waals surface area contributed by atoms with Crippen LogP contribution in [0.5, 0.6) is 0 Å². The minimum Gasteiger partial charge on any atom is -0.456 e. The van der Waals surface area contributed by atoms with Crippen LogP contribution in [0.3, 0.4) is 0 Å². The summed E-state index contributed by atoms with van der Waals surface area (Å²) in [5.41, 5.74) is 1.42. The maximum Gasteiger partial charge on any atom is 0.338 e. The van der Waals surface area contributed by atoms with Gasteiger partial charge in [-0.25, -0.2) is 4.79 Å². The van der Waals surface area contributed by atoms with Crippen molar-refractivity contribution in [2.24, 2.45) is 0 Å². The number of nitrogens with one attached hydrogen (secondary N) is 1. The second-order valence-electron chi connectivity index (χ2n) is 6.37. The van der Waals surface area contributed by atoms with Crippen molar-refractivity contribution in [2.75, 3.05) is 6.54 Å². The molecule has 1 heterocycles. The minimum absolute atomic E-state index is 0.242. The molecule has 1 fully saturated rings. The van der Waals surface area contributed by atoms with E-state index in [-0.39, 0.29) is 5.97 Å². The third-order valence-corrected chi connectivity index (χ3v) is 3.34. The summed E-state index contributed by atoms with van der Waals surface area (Å²) in [7, 11) is 0. The Bertz CT molecular complexity index is 462. The van der Waals surface area contributed by atoms with Gasteiger partial charge in [0.25, 0.3) is 0 Å². The molecule has 3 heteroatoms. The lowest BCUT2D eigenvalue weighted by Crippen LogP contribution is -2.24. The molecule has 1 aromatic carbocycles. The largest absolute Gasteiger partial charge is 0.456 e. The molecule has 0 radical (unpaired) electrons. The molecule has 1 aliphatic rings. The number of carbonyl (C=O) groups is 1. The van der Waals surface area contributed by atoms with E-state index >= 15 is 0 Å². The van der Waals surface area contributed by atoms with Crippen LogP contribution in [0.25, 0.3) is 0 Å². The summed E-state index contributed by atoms with van der Waals surface area (Å²) in [6.45, 7) is 8.84. The van der Waals surface area contributed by atoms with Crippen molar-refractivity contribution in [3.63, 3.8) is 0 Å². The zero-order valence-electron chi connectivity index (χ0n) is 12.2. The van der Waals surface area contributed by atoms with Crippen molar-refractivity contribution in [1.29, 1.82) is 0 Å². The average molecular weight is 261 g/mol. The molecule has 1 saturated heterocycles. The van der Waals surface area contributed by atoms with E-state index in [1.807, 2.05) is 39.0 Å². The highest BCUT2D eigenvalue weighted by atomic mass is 16.6. The summed E-state index contributed by atoms with van der Waals surface area (Å²) in [4.78, 5) is 12.1. The second-order valence-corrected chi connectivity index (χ2v) is 6.37. The highest BCUT2D eigenvalue weighted by molar-refractivity contribution is 5.89. The van der Waals surface area contributed by atoms with E-state index in [2.05, 4.69) is 18.3 Å². The van der Waals surface area contributed by atoms with Gasteiger partial charge in [-0.3, -0.25) is 0 Å². The molecule has 1 aliphatic heterocycles. The van der Waals surface area contributed by atoms with Crippen LogP contribution in [0.15, 0.2) is 24.3 Å². The van der Waals surface area contributed by atoms with Crippen molar-refractivity contribution >= 4 is 5.97 Å². The lowest BCUT2D eigenvalue weighted by Gasteiger charge is -2.20. The van der Waals surface area contributed by atoms with Crippen molar-refractivity contribution in [3.05, 3.63) is 35.4 Å². The highest BCUT2D eigenvalue weighted by Gasteiger charge is 2.23. The van der Waals surface area contributed by atoms with E-state index in [9.17, 15) is 4.79 Å². The number of carbonyl (C=O) groups excluding carboxylic acids is 1. The summed E-state index contributed by atoms with van der Waals surface area (Å²) in [6.07, 6.45) is 1.12. The zero-order valence-corrected chi connectivity index (χ0v) is 12.2. The first-order valence-electron chi connectivity index (χ1n) is 6.92. The van der Waals surface area contributed by atoms with Crippen molar-refractivity contribution in [1.82, 2.24) is 5.32 Å². The first-order chi connectivity index (χ1) is 8.85. The maximum absolute atomic E-state index is 12.1. The Hall–Kier alpha value is -1.35. The predicted molar refractivity (Wildman–Crippen MR) is 76.4 cm³/mol. The predicted octanol–water partition coefficient (Wildman–Crippen LogP) is 3.11. The Morgan fingerprint density at radius 3 is 2.68 bits per heavy atom. The second kappa shape index (κ2) is 5.33. The molecule has 3 nitrogen and oxygen atoms in total. The molecule has 2 unspecified atom stereocenters. The molecule has 1 aromatic rings. The van der Waals surface area contributed by atoms with Crippen LogP contribution >= 0.6 is 0 Å². The van der Waals surface area contributed by atoms with E-state index in [1.165, 1.54) is 5.56 Å². The van der Waals surface area contributed by atoms with Gasteiger partial charge in [-0.2, -0.15) is 0 Å². The Morgan fingerprint density at radius 1 is 1.37 bits per heavy atom. The molecular formula is C16H23NO2. The molecule has 0 amide bonds. The van der Waals surface area contributed by atoms with Gasteiger partial charge in [0.2, 0.25) is 0 Å². The van der Waals surface area contributed by atoms with Gasteiger partial charge < -0.3 is 10.1 Å². The van der Waals surface area contributed by atoms with Crippen LogP contribution in [0.2, 0.25) is 0 Å². The molecule has 2 atom stereocenters. The minimum atomic E-state index is -0.448. The van der Waals surface area contributed by atoms with Crippen LogP contribution in [0.1, 0.15) is 56.0 Å². The number of ether oxygens (including phenoxy) is 1. The summed E-state index contributed by atoms with van der Waals surface area (Å²) < 4.78 is 5.41. The van der Waals surface area contributed by atoms with E-state index in [0.717, 1.165) is 13.0 Å². The van der Waals surface area contributed by atoms with Gasteiger partial charge in [-0.15, -0.1) is 0 Å². The summed E-state index contributed by atoms with van der Waals surface area (Å²) in [5, 5.41) is 3.44. The fraction of sp³-hybridized carbons (Fsp3) is 0.562. The van der Waals surface area contributed by atoms with E-state index in [4.69, 9.17) is 4.74 Å². The molecule has 0 aromatic heterocycles. The van der Waals surface area contributed by atoms with Crippen LogP contribution < -0.4 is 5.32 Å². The highest BCUT2D eigenvalue weighted by Crippen LogP contribution is 2.26. The smallest absolute Gasteiger partial charge is 0.338 e. The van der Waals surface area contributed by atoms with Crippen LogP contribution in [-0.2, 0) is 4.74 Å². The number of hydrogen-bond acceptors (Lipinski definition) is 3. The van der Waals surface area contributed by atoms with Gasteiger partial charge in [0, 0.05) is 12.6 Å². The van der Waals surface area contributed by atoms with Gasteiger partial charge >= 0.3 is 5.97 Å². The molecule has 1 N–H and O–H groups in total. The van der Waals surface area contributed by atoms with Gasteiger partial charge in [0.05, 0.1) is 5.56 Å². The first kappa shape index (κ1) is 14.1. The molecule has 0 bridgehead atoms. The van der Waals surface area contributed by atoms with Crippen LogP contribution in [-0.4, -0.2) is 24.2 Å². The van der Waals surface area contributed by atoms with Gasteiger partial charge in [0.1, 0.15) is 5.60 Å².